The first kappa shape index (κ1) is 15.0. The normalized spacial score (nSPS) is 14.8. The summed E-state index contributed by atoms with van der Waals surface area (Å²) >= 11 is 0. The minimum atomic E-state index is -0.713. The zero-order valence-corrected chi connectivity index (χ0v) is 12.9. The highest BCUT2D eigenvalue weighted by molar-refractivity contribution is 5.93. The predicted octanol–water partition coefficient (Wildman–Crippen LogP) is 2.60. The first-order valence-corrected chi connectivity index (χ1v) is 7.21. The molecule has 3 rings (SSSR count). The van der Waals surface area contributed by atoms with E-state index in [0.29, 0.717) is 23.7 Å². The van der Waals surface area contributed by atoms with Crippen LogP contribution in [0.3, 0.4) is 0 Å². The predicted molar refractivity (Wildman–Crippen MR) is 83.1 cm³/mol. The van der Waals surface area contributed by atoms with Gasteiger partial charge in [-0.25, -0.2) is 0 Å². The summed E-state index contributed by atoms with van der Waals surface area (Å²) in [7, 11) is 0. The number of carbonyl (C=O) groups is 1. The fourth-order valence-electron chi connectivity index (χ4n) is 2.11. The Morgan fingerprint density at radius 2 is 2.17 bits per heavy atom. The van der Waals surface area contributed by atoms with E-state index in [9.17, 15) is 4.79 Å². The average molecular weight is 312 g/mol. The molecule has 0 saturated heterocycles. The lowest BCUT2D eigenvalue weighted by Crippen LogP contribution is -2.44. The van der Waals surface area contributed by atoms with Crippen LogP contribution in [-0.4, -0.2) is 23.4 Å². The molecule has 0 radical (unpaired) electrons. The van der Waals surface area contributed by atoms with Crippen LogP contribution in [0, 0.1) is 12.3 Å². The van der Waals surface area contributed by atoms with Crippen molar-refractivity contribution in [1.29, 1.82) is 0 Å². The van der Waals surface area contributed by atoms with Crippen LogP contribution in [0.1, 0.15) is 30.8 Å². The highest BCUT2D eigenvalue weighted by atomic mass is 16.7. The maximum atomic E-state index is 12.2. The van der Waals surface area contributed by atoms with Gasteiger partial charge in [-0.05, 0) is 31.5 Å². The van der Waals surface area contributed by atoms with E-state index in [-0.39, 0.29) is 18.4 Å². The number of carbonyl (C=O) groups excluding carboxylic acids is 1. The van der Waals surface area contributed by atoms with Gasteiger partial charge in [-0.1, -0.05) is 18.0 Å². The number of aromatic nitrogens is 1. The molecule has 6 nitrogen and oxygen atoms in total. The van der Waals surface area contributed by atoms with E-state index in [0.717, 1.165) is 5.56 Å². The molecule has 0 bridgehead atoms. The SMILES string of the molecule is C#C[C@@](C)(CC)NC(=O)c1cc(-c2ccc3c(c2)OCO3)on1. The van der Waals surface area contributed by atoms with Crippen molar-refractivity contribution in [2.45, 2.75) is 25.8 Å². The van der Waals surface area contributed by atoms with Gasteiger partial charge in [0.15, 0.2) is 23.0 Å². The number of fused-ring (bicyclic) bond motifs is 1. The molecular weight excluding hydrogens is 296 g/mol. The summed E-state index contributed by atoms with van der Waals surface area (Å²) in [6.07, 6.45) is 6.07. The summed E-state index contributed by atoms with van der Waals surface area (Å²) in [6, 6.07) is 6.95. The van der Waals surface area contributed by atoms with Crippen LogP contribution in [0.25, 0.3) is 11.3 Å². The topological polar surface area (TPSA) is 73.6 Å². The molecule has 0 unspecified atom stereocenters. The minimum absolute atomic E-state index is 0.174. The van der Waals surface area contributed by atoms with E-state index < -0.39 is 5.54 Å². The smallest absolute Gasteiger partial charge is 0.274 e. The first-order chi connectivity index (χ1) is 11.0. The number of hydrogen-bond donors (Lipinski definition) is 1. The Morgan fingerprint density at radius 3 is 2.91 bits per heavy atom. The van der Waals surface area contributed by atoms with Gasteiger partial charge in [0.2, 0.25) is 6.79 Å². The number of benzene rings is 1. The summed E-state index contributed by atoms with van der Waals surface area (Å²) in [5.41, 5.74) is 0.207. The Labute approximate surface area is 133 Å². The second kappa shape index (κ2) is 5.69. The van der Waals surface area contributed by atoms with Crippen molar-refractivity contribution in [2.75, 3.05) is 6.79 Å². The van der Waals surface area contributed by atoms with Crippen molar-refractivity contribution in [3.05, 3.63) is 30.0 Å². The van der Waals surface area contributed by atoms with Crippen LogP contribution in [0.15, 0.2) is 28.8 Å². The van der Waals surface area contributed by atoms with Gasteiger partial charge in [0.1, 0.15) is 0 Å². The Morgan fingerprint density at radius 1 is 1.39 bits per heavy atom. The third-order valence-electron chi connectivity index (χ3n) is 3.81. The zero-order chi connectivity index (χ0) is 16.4. The summed E-state index contributed by atoms with van der Waals surface area (Å²) in [5.74, 6) is 3.98. The standard InChI is InChI=1S/C17H16N2O4/c1-4-17(3,5-2)18-16(20)12-9-14(23-19-12)11-6-7-13-15(8-11)22-10-21-13/h1,6-9H,5,10H2,2-3H3,(H,18,20)/t17-/m0/s1. The van der Waals surface area contributed by atoms with Gasteiger partial charge >= 0.3 is 0 Å². The number of hydrogen-bond acceptors (Lipinski definition) is 5. The molecule has 2 aromatic rings. The van der Waals surface area contributed by atoms with Crippen molar-refractivity contribution in [1.82, 2.24) is 10.5 Å². The molecule has 118 valence electrons. The average Bonchev–Trinajstić information content (AvgIpc) is 3.22. The summed E-state index contributed by atoms with van der Waals surface area (Å²) in [4.78, 5) is 12.2. The third kappa shape index (κ3) is 2.86. The van der Waals surface area contributed by atoms with Gasteiger partial charge in [0, 0.05) is 11.6 Å². The molecule has 1 amide bonds. The Kier molecular flexibility index (Phi) is 3.70. The molecule has 1 N–H and O–H groups in total. The number of ether oxygens (including phenoxy) is 2. The molecule has 1 aliphatic heterocycles. The lowest BCUT2D eigenvalue weighted by Gasteiger charge is -2.22. The molecule has 1 aromatic carbocycles. The molecule has 0 fully saturated rings. The maximum Gasteiger partial charge on any atom is 0.274 e. The molecule has 0 aliphatic carbocycles. The van der Waals surface area contributed by atoms with Crippen molar-refractivity contribution < 1.29 is 18.8 Å². The highest BCUT2D eigenvalue weighted by Gasteiger charge is 2.24. The molecule has 1 aliphatic rings. The second-order valence-corrected chi connectivity index (χ2v) is 5.43. The van der Waals surface area contributed by atoms with Crippen LogP contribution in [0.4, 0.5) is 0 Å². The highest BCUT2D eigenvalue weighted by Crippen LogP contribution is 2.36. The Hall–Kier alpha value is -2.94. The molecule has 1 aromatic heterocycles. The first-order valence-electron chi connectivity index (χ1n) is 7.21. The zero-order valence-electron chi connectivity index (χ0n) is 12.9. The van der Waals surface area contributed by atoms with Gasteiger partial charge in [-0.2, -0.15) is 0 Å². The number of nitrogens with zero attached hydrogens (tertiary/aromatic N) is 1. The number of nitrogens with one attached hydrogen (secondary N) is 1. The molecule has 0 spiro atoms. The fourth-order valence-corrected chi connectivity index (χ4v) is 2.11. The summed E-state index contributed by atoms with van der Waals surface area (Å²) < 4.78 is 15.8. The Bertz CT molecular complexity index is 790. The van der Waals surface area contributed by atoms with E-state index >= 15 is 0 Å². The van der Waals surface area contributed by atoms with Crippen molar-refractivity contribution >= 4 is 5.91 Å². The van der Waals surface area contributed by atoms with Crippen LogP contribution in [0.5, 0.6) is 11.5 Å². The van der Waals surface area contributed by atoms with E-state index in [2.05, 4.69) is 16.4 Å². The quantitative estimate of drug-likeness (QED) is 0.878. The molecule has 1 atom stereocenters. The van der Waals surface area contributed by atoms with Crippen LogP contribution in [0.2, 0.25) is 0 Å². The molecular formula is C17H16N2O4. The number of terminal acetylenes is 1. The van der Waals surface area contributed by atoms with Crippen molar-refractivity contribution in [2.24, 2.45) is 0 Å². The van der Waals surface area contributed by atoms with Crippen molar-refractivity contribution in [3.8, 4) is 35.2 Å². The second-order valence-electron chi connectivity index (χ2n) is 5.43. The summed E-state index contributed by atoms with van der Waals surface area (Å²) in [6.45, 7) is 3.88. The molecule has 0 saturated carbocycles. The minimum Gasteiger partial charge on any atom is -0.454 e. The van der Waals surface area contributed by atoms with E-state index in [1.54, 1.807) is 25.1 Å². The molecule has 6 heteroatoms. The van der Waals surface area contributed by atoms with E-state index in [1.165, 1.54) is 0 Å². The monoisotopic (exact) mass is 312 g/mol. The lowest BCUT2D eigenvalue weighted by molar-refractivity contribution is 0.0914. The lowest BCUT2D eigenvalue weighted by atomic mass is 10.00. The summed E-state index contributed by atoms with van der Waals surface area (Å²) in [5, 5.41) is 6.58. The van der Waals surface area contributed by atoms with Crippen LogP contribution < -0.4 is 14.8 Å². The van der Waals surface area contributed by atoms with Gasteiger partial charge in [0.05, 0.1) is 5.54 Å². The molecule has 2 heterocycles. The third-order valence-corrected chi connectivity index (χ3v) is 3.81. The van der Waals surface area contributed by atoms with Gasteiger partial charge in [0.25, 0.3) is 5.91 Å². The molecule has 23 heavy (non-hydrogen) atoms. The maximum absolute atomic E-state index is 12.2. The van der Waals surface area contributed by atoms with Crippen LogP contribution >= 0.6 is 0 Å². The van der Waals surface area contributed by atoms with Gasteiger partial charge < -0.3 is 19.3 Å². The van der Waals surface area contributed by atoms with E-state index in [4.69, 9.17) is 20.4 Å². The Balaban J connectivity index is 1.81. The van der Waals surface area contributed by atoms with Gasteiger partial charge in [-0.3, -0.25) is 4.79 Å². The van der Waals surface area contributed by atoms with Crippen LogP contribution in [-0.2, 0) is 0 Å². The number of amides is 1. The van der Waals surface area contributed by atoms with E-state index in [1.807, 2.05) is 13.0 Å². The fraction of sp³-hybridized carbons (Fsp3) is 0.294. The van der Waals surface area contributed by atoms with Gasteiger partial charge in [-0.15, -0.1) is 6.42 Å². The van der Waals surface area contributed by atoms with Crippen molar-refractivity contribution in [3.63, 3.8) is 0 Å². The largest absolute Gasteiger partial charge is 0.454 e. The number of rotatable bonds is 4.